The molecule has 1 saturated heterocycles. The van der Waals surface area contributed by atoms with Crippen LogP contribution in [0.25, 0.3) is 10.9 Å². The van der Waals surface area contributed by atoms with Crippen LogP contribution in [-0.2, 0) is 25.5 Å². The van der Waals surface area contributed by atoms with Crippen LogP contribution in [0.15, 0.2) is 48.7 Å². The number of morpholine rings is 1. The number of aromatic amines is 1. The van der Waals surface area contributed by atoms with Gasteiger partial charge in [-0.1, -0.05) is 12.1 Å². The van der Waals surface area contributed by atoms with Crippen molar-refractivity contribution in [2.24, 2.45) is 0 Å². The third-order valence-electron chi connectivity index (χ3n) is 6.19. The van der Waals surface area contributed by atoms with Crippen LogP contribution in [0, 0.1) is 0 Å². The van der Waals surface area contributed by atoms with Gasteiger partial charge in [0.1, 0.15) is 5.75 Å². The molecule has 1 aromatic heterocycles. The van der Waals surface area contributed by atoms with Gasteiger partial charge >= 0.3 is 12.0 Å². The fraction of sp³-hybridized carbons (Fsp3) is 0.370. The SMILES string of the molecule is CCOC(=O)CC(NC(=O)N1CCOCC1)c1ccc(NC(=O)Cc2c[nH]c3ccc(OC)cc23)cc1. The molecule has 10 heteroatoms. The van der Waals surface area contributed by atoms with Crippen molar-refractivity contribution in [2.75, 3.05) is 45.3 Å². The summed E-state index contributed by atoms with van der Waals surface area (Å²) in [6.07, 6.45) is 2.01. The van der Waals surface area contributed by atoms with E-state index in [2.05, 4.69) is 15.6 Å². The van der Waals surface area contributed by atoms with Gasteiger partial charge in [0.25, 0.3) is 0 Å². The minimum absolute atomic E-state index is 0.000345. The highest BCUT2D eigenvalue weighted by Gasteiger charge is 2.24. The van der Waals surface area contributed by atoms with Gasteiger partial charge in [0.15, 0.2) is 0 Å². The number of aromatic nitrogens is 1. The number of hydrogen-bond donors (Lipinski definition) is 3. The second-order valence-corrected chi connectivity index (χ2v) is 8.68. The lowest BCUT2D eigenvalue weighted by Crippen LogP contribution is -2.47. The van der Waals surface area contributed by atoms with E-state index in [1.807, 2.05) is 24.4 Å². The van der Waals surface area contributed by atoms with Gasteiger partial charge in [-0.25, -0.2) is 4.79 Å². The number of methoxy groups -OCH3 is 1. The number of urea groups is 1. The van der Waals surface area contributed by atoms with E-state index in [9.17, 15) is 14.4 Å². The lowest BCUT2D eigenvalue weighted by atomic mass is 10.0. The molecule has 1 aliphatic heterocycles. The minimum Gasteiger partial charge on any atom is -0.497 e. The van der Waals surface area contributed by atoms with E-state index in [4.69, 9.17) is 14.2 Å². The van der Waals surface area contributed by atoms with Gasteiger partial charge in [-0.3, -0.25) is 9.59 Å². The molecule has 1 atom stereocenters. The van der Waals surface area contributed by atoms with Crippen molar-refractivity contribution in [1.29, 1.82) is 0 Å². The van der Waals surface area contributed by atoms with Crippen LogP contribution >= 0.6 is 0 Å². The van der Waals surface area contributed by atoms with Gasteiger partial charge in [0.2, 0.25) is 5.91 Å². The summed E-state index contributed by atoms with van der Waals surface area (Å²) in [6, 6.07) is 11.9. The molecule has 3 aromatic rings. The number of fused-ring (bicyclic) bond motifs is 1. The van der Waals surface area contributed by atoms with Gasteiger partial charge < -0.3 is 34.7 Å². The van der Waals surface area contributed by atoms with Crippen LogP contribution < -0.4 is 15.4 Å². The molecule has 0 aliphatic carbocycles. The molecule has 196 valence electrons. The van der Waals surface area contributed by atoms with Gasteiger partial charge in [0, 0.05) is 35.9 Å². The summed E-state index contributed by atoms with van der Waals surface area (Å²) < 4.78 is 15.7. The second-order valence-electron chi connectivity index (χ2n) is 8.68. The summed E-state index contributed by atoms with van der Waals surface area (Å²) in [6.45, 7) is 3.95. The molecule has 2 aromatic carbocycles. The van der Waals surface area contributed by atoms with Crippen LogP contribution in [0.4, 0.5) is 10.5 Å². The van der Waals surface area contributed by atoms with Crippen molar-refractivity contribution in [2.45, 2.75) is 25.8 Å². The highest BCUT2D eigenvalue weighted by atomic mass is 16.5. The molecule has 1 fully saturated rings. The number of nitrogens with zero attached hydrogens (tertiary/aromatic N) is 1. The lowest BCUT2D eigenvalue weighted by Gasteiger charge is -2.29. The predicted octanol–water partition coefficient (Wildman–Crippen LogP) is 3.39. The number of carbonyl (C=O) groups is 3. The number of carbonyl (C=O) groups excluding carboxylic acids is 3. The fourth-order valence-corrected chi connectivity index (χ4v) is 4.25. The van der Waals surface area contributed by atoms with E-state index in [-0.39, 0.29) is 31.4 Å². The first-order chi connectivity index (χ1) is 18.0. The molecule has 2 heterocycles. The number of benzene rings is 2. The smallest absolute Gasteiger partial charge is 0.318 e. The lowest BCUT2D eigenvalue weighted by molar-refractivity contribution is -0.143. The van der Waals surface area contributed by atoms with E-state index in [0.717, 1.165) is 27.8 Å². The first-order valence-electron chi connectivity index (χ1n) is 12.3. The number of amides is 3. The van der Waals surface area contributed by atoms with E-state index in [0.29, 0.717) is 32.0 Å². The Morgan fingerprint density at radius 2 is 1.86 bits per heavy atom. The van der Waals surface area contributed by atoms with Crippen LogP contribution in [0.1, 0.15) is 30.5 Å². The van der Waals surface area contributed by atoms with Crippen molar-refractivity contribution >= 4 is 34.5 Å². The Bertz CT molecular complexity index is 1230. The van der Waals surface area contributed by atoms with Crippen LogP contribution in [0.2, 0.25) is 0 Å². The highest BCUT2D eigenvalue weighted by Crippen LogP contribution is 2.25. The molecule has 0 bridgehead atoms. The zero-order valence-electron chi connectivity index (χ0n) is 21.0. The van der Waals surface area contributed by atoms with Crippen molar-refractivity contribution < 1.29 is 28.6 Å². The maximum atomic E-state index is 12.8. The third-order valence-corrected chi connectivity index (χ3v) is 6.19. The average molecular weight is 509 g/mol. The standard InChI is InChI=1S/C27H32N4O6/c1-3-37-26(33)16-24(30-27(34)31-10-12-36-13-11-31)18-4-6-20(7-5-18)29-25(32)14-19-17-28-23-9-8-21(35-2)15-22(19)23/h4-9,15,17,24,28H,3,10-14,16H2,1-2H3,(H,29,32)(H,30,34). The van der Waals surface area contributed by atoms with Gasteiger partial charge in [-0.05, 0) is 48.4 Å². The predicted molar refractivity (Wildman–Crippen MR) is 139 cm³/mol. The summed E-state index contributed by atoms with van der Waals surface area (Å²) in [5.74, 6) is 0.158. The van der Waals surface area contributed by atoms with Gasteiger partial charge in [-0.15, -0.1) is 0 Å². The number of H-pyrrole nitrogens is 1. The summed E-state index contributed by atoms with van der Waals surface area (Å²) in [7, 11) is 1.61. The Balaban J connectivity index is 1.42. The van der Waals surface area contributed by atoms with Crippen LogP contribution in [0.3, 0.4) is 0 Å². The van der Waals surface area contributed by atoms with Crippen molar-refractivity contribution in [3.63, 3.8) is 0 Å². The van der Waals surface area contributed by atoms with Crippen molar-refractivity contribution in [3.8, 4) is 5.75 Å². The topological polar surface area (TPSA) is 122 Å². The molecule has 10 nitrogen and oxygen atoms in total. The first kappa shape index (κ1) is 26.0. The maximum absolute atomic E-state index is 12.8. The zero-order valence-corrected chi connectivity index (χ0v) is 21.0. The molecule has 0 saturated carbocycles. The summed E-state index contributed by atoms with van der Waals surface area (Å²) in [4.78, 5) is 42.5. The molecule has 3 N–H and O–H groups in total. The van der Waals surface area contributed by atoms with E-state index >= 15 is 0 Å². The van der Waals surface area contributed by atoms with Gasteiger partial charge in [-0.2, -0.15) is 0 Å². The number of esters is 1. The molecular formula is C27H32N4O6. The maximum Gasteiger partial charge on any atom is 0.318 e. The van der Waals surface area contributed by atoms with E-state index < -0.39 is 12.0 Å². The van der Waals surface area contributed by atoms with E-state index in [1.165, 1.54) is 0 Å². The molecule has 4 rings (SSSR count). The van der Waals surface area contributed by atoms with Crippen molar-refractivity contribution in [3.05, 3.63) is 59.8 Å². The largest absolute Gasteiger partial charge is 0.497 e. The normalized spacial score (nSPS) is 14.2. The van der Waals surface area contributed by atoms with Crippen molar-refractivity contribution in [1.82, 2.24) is 15.2 Å². The Labute approximate surface area is 215 Å². The molecule has 1 aliphatic rings. The Kier molecular flexibility index (Phi) is 8.63. The Morgan fingerprint density at radius 3 is 2.57 bits per heavy atom. The quantitative estimate of drug-likeness (QED) is 0.381. The number of rotatable bonds is 9. The number of hydrogen-bond acceptors (Lipinski definition) is 6. The summed E-state index contributed by atoms with van der Waals surface area (Å²) in [5, 5.41) is 6.78. The molecular weight excluding hydrogens is 476 g/mol. The highest BCUT2D eigenvalue weighted by molar-refractivity contribution is 5.96. The number of nitrogens with one attached hydrogen (secondary N) is 3. The molecule has 3 amide bonds. The minimum atomic E-state index is -0.569. The summed E-state index contributed by atoms with van der Waals surface area (Å²) >= 11 is 0. The average Bonchev–Trinajstić information content (AvgIpc) is 3.30. The van der Waals surface area contributed by atoms with E-state index in [1.54, 1.807) is 43.2 Å². The monoisotopic (exact) mass is 508 g/mol. The zero-order chi connectivity index (χ0) is 26.2. The second kappa shape index (κ2) is 12.3. The number of ether oxygens (including phenoxy) is 3. The third kappa shape index (κ3) is 6.79. The fourth-order valence-electron chi connectivity index (χ4n) is 4.25. The first-order valence-corrected chi connectivity index (χ1v) is 12.3. The molecule has 37 heavy (non-hydrogen) atoms. The van der Waals surface area contributed by atoms with Crippen LogP contribution in [0.5, 0.6) is 5.75 Å². The van der Waals surface area contributed by atoms with Crippen LogP contribution in [-0.4, -0.2) is 67.8 Å². The Morgan fingerprint density at radius 1 is 1.11 bits per heavy atom. The summed E-state index contributed by atoms with van der Waals surface area (Å²) in [5.41, 5.74) is 3.14. The van der Waals surface area contributed by atoms with Gasteiger partial charge in [0.05, 0.1) is 45.8 Å². The molecule has 0 radical (unpaired) electrons. The Hall–Kier alpha value is -4.05. The molecule has 0 spiro atoms. The number of anilines is 1. The molecule has 1 unspecified atom stereocenters.